The van der Waals surface area contributed by atoms with Crippen molar-refractivity contribution in [2.75, 3.05) is 13.1 Å². The fourth-order valence-corrected chi connectivity index (χ4v) is 5.19. The number of rotatable bonds is 4. The Kier molecular flexibility index (Phi) is 5.95. The predicted molar refractivity (Wildman–Crippen MR) is 122 cm³/mol. The number of aromatic nitrogens is 5. The van der Waals surface area contributed by atoms with Crippen molar-refractivity contribution in [2.24, 2.45) is 5.92 Å². The summed E-state index contributed by atoms with van der Waals surface area (Å²) in [5.74, 6) is 1.27. The van der Waals surface area contributed by atoms with Gasteiger partial charge >= 0.3 is 0 Å². The lowest BCUT2D eigenvalue weighted by molar-refractivity contribution is -0.137. The Morgan fingerprint density at radius 3 is 2.66 bits per heavy atom. The number of benzene rings is 1. The molecule has 3 aromatic rings. The lowest BCUT2D eigenvalue weighted by Gasteiger charge is -2.34. The number of likely N-dealkylation sites (tertiary alicyclic amines) is 1. The fraction of sp³-hybridized carbons (Fsp3) is 0.522. The Morgan fingerprint density at radius 1 is 1.12 bits per heavy atom. The van der Waals surface area contributed by atoms with Crippen molar-refractivity contribution < 1.29 is 4.79 Å². The number of aromatic amines is 1. The number of carbonyl (C=O) groups is 1. The first-order chi connectivity index (χ1) is 15.6. The number of fused-ring (bicyclic) bond motifs is 1. The lowest BCUT2D eigenvalue weighted by Crippen LogP contribution is -2.42. The molecule has 0 spiro atoms. The van der Waals surface area contributed by atoms with E-state index in [4.69, 9.17) is 16.6 Å². The zero-order valence-electron chi connectivity index (χ0n) is 18.0. The maximum atomic E-state index is 12.9. The maximum Gasteiger partial charge on any atom is 0.281 e. The molecule has 1 N–H and O–H groups in total. The number of halogens is 1. The molecule has 2 fully saturated rings. The minimum absolute atomic E-state index is 0.108. The molecule has 0 radical (unpaired) electrons. The summed E-state index contributed by atoms with van der Waals surface area (Å²) < 4.78 is 1.64. The van der Waals surface area contributed by atoms with E-state index < -0.39 is 0 Å². The minimum Gasteiger partial charge on any atom is -0.342 e. The molecule has 2 aliphatic rings. The van der Waals surface area contributed by atoms with Crippen molar-refractivity contribution in [1.29, 1.82) is 0 Å². The van der Waals surface area contributed by atoms with Gasteiger partial charge in [0.05, 0.1) is 6.54 Å². The lowest BCUT2D eigenvalue weighted by atomic mass is 9.87. The van der Waals surface area contributed by atoms with E-state index in [1.54, 1.807) is 4.68 Å². The molecular weight excluding hydrogens is 428 g/mol. The van der Waals surface area contributed by atoms with Crippen LogP contribution in [0.2, 0.25) is 5.02 Å². The predicted octanol–water partition coefficient (Wildman–Crippen LogP) is 3.50. The van der Waals surface area contributed by atoms with Crippen LogP contribution in [0.15, 0.2) is 29.1 Å². The molecule has 5 rings (SSSR count). The molecule has 1 aliphatic heterocycles. The summed E-state index contributed by atoms with van der Waals surface area (Å²) in [6.07, 6.45) is 7.20. The third kappa shape index (κ3) is 4.28. The number of nitrogens with one attached hydrogen (secondary N) is 1. The average Bonchev–Trinajstić information content (AvgIpc) is 3.22. The van der Waals surface area contributed by atoms with Gasteiger partial charge in [0.25, 0.3) is 5.56 Å². The Bertz CT molecular complexity index is 1170. The maximum absolute atomic E-state index is 12.9. The molecule has 1 saturated carbocycles. The fourth-order valence-electron chi connectivity index (χ4n) is 4.97. The number of H-pyrrole nitrogens is 1. The highest BCUT2D eigenvalue weighted by Gasteiger charge is 2.30. The third-order valence-electron chi connectivity index (χ3n) is 6.76. The molecule has 168 valence electrons. The van der Waals surface area contributed by atoms with Gasteiger partial charge in [-0.2, -0.15) is 0 Å². The minimum atomic E-state index is -0.275. The van der Waals surface area contributed by atoms with Crippen LogP contribution in [0.1, 0.15) is 62.3 Å². The van der Waals surface area contributed by atoms with Gasteiger partial charge in [0.1, 0.15) is 5.82 Å². The van der Waals surface area contributed by atoms with Crippen LogP contribution in [0, 0.1) is 5.92 Å². The summed E-state index contributed by atoms with van der Waals surface area (Å²) >= 11 is 6.09. The molecule has 0 atom stereocenters. The van der Waals surface area contributed by atoms with Crippen molar-refractivity contribution in [3.8, 4) is 0 Å². The largest absolute Gasteiger partial charge is 0.342 e. The molecule has 32 heavy (non-hydrogen) atoms. The van der Waals surface area contributed by atoms with Crippen molar-refractivity contribution in [3.05, 3.63) is 51.0 Å². The van der Waals surface area contributed by atoms with Crippen molar-refractivity contribution in [3.63, 3.8) is 0 Å². The molecule has 1 aromatic carbocycles. The van der Waals surface area contributed by atoms with Crippen molar-refractivity contribution >= 4 is 28.7 Å². The van der Waals surface area contributed by atoms with Gasteiger partial charge in [0.2, 0.25) is 5.91 Å². The van der Waals surface area contributed by atoms with Crippen molar-refractivity contribution in [1.82, 2.24) is 29.9 Å². The standard InChI is InChI=1S/C23H27ClN6O2/c24-18-8-4-5-15(13-18)14-30-21-19(27-28-30)22(31)26-20(25-21)16-9-11-29(12-10-16)23(32)17-6-2-1-3-7-17/h4-5,8,13,16-17H,1-3,6-7,9-12,14H2,(H,25,26,31). The molecular formula is C23H27ClN6O2. The van der Waals surface area contributed by atoms with Gasteiger partial charge < -0.3 is 9.88 Å². The van der Waals surface area contributed by atoms with Crippen LogP contribution in [0.4, 0.5) is 0 Å². The van der Waals surface area contributed by atoms with Crippen LogP contribution in [0.25, 0.3) is 11.2 Å². The van der Waals surface area contributed by atoms with Gasteiger partial charge in [-0.25, -0.2) is 9.67 Å². The Hall–Kier alpha value is -2.74. The first-order valence-corrected chi connectivity index (χ1v) is 11.8. The van der Waals surface area contributed by atoms with E-state index in [0.717, 1.165) is 44.1 Å². The second-order valence-electron chi connectivity index (χ2n) is 8.93. The van der Waals surface area contributed by atoms with Gasteiger partial charge in [0, 0.05) is 29.9 Å². The highest BCUT2D eigenvalue weighted by molar-refractivity contribution is 6.30. The van der Waals surface area contributed by atoms with Gasteiger partial charge in [-0.1, -0.05) is 48.2 Å². The van der Waals surface area contributed by atoms with Gasteiger partial charge in [0.15, 0.2) is 11.2 Å². The normalized spacial score (nSPS) is 18.3. The second kappa shape index (κ2) is 9.02. The topological polar surface area (TPSA) is 96.8 Å². The van der Waals surface area contributed by atoms with Gasteiger partial charge in [-0.3, -0.25) is 9.59 Å². The van der Waals surface area contributed by atoms with E-state index in [9.17, 15) is 9.59 Å². The van der Waals surface area contributed by atoms with Crippen LogP contribution in [-0.2, 0) is 11.3 Å². The summed E-state index contributed by atoms with van der Waals surface area (Å²) in [5, 5.41) is 8.82. The van der Waals surface area contributed by atoms with Gasteiger partial charge in [-0.15, -0.1) is 5.10 Å². The summed E-state index contributed by atoms with van der Waals surface area (Å²) in [6, 6.07) is 7.51. The Labute approximate surface area is 191 Å². The average molecular weight is 455 g/mol. The van der Waals surface area contributed by atoms with E-state index in [-0.39, 0.29) is 22.9 Å². The van der Waals surface area contributed by atoms with Crippen LogP contribution in [-0.4, -0.2) is 48.9 Å². The van der Waals surface area contributed by atoms with E-state index in [1.807, 2.05) is 29.2 Å². The number of hydrogen-bond acceptors (Lipinski definition) is 5. The zero-order chi connectivity index (χ0) is 22.1. The van der Waals surface area contributed by atoms with Gasteiger partial charge in [-0.05, 0) is 43.4 Å². The highest BCUT2D eigenvalue weighted by atomic mass is 35.5. The molecule has 3 heterocycles. The van der Waals surface area contributed by atoms with Crippen molar-refractivity contribution in [2.45, 2.75) is 57.4 Å². The Balaban J connectivity index is 1.32. The molecule has 0 unspecified atom stereocenters. The molecule has 9 heteroatoms. The number of piperidine rings is 1. The zero-order valence-corrected chi connectivity index (χ0v) is 18.7. The molecule has 8 nitrogen and oxygen atoms in total. The molecule has 0 bridgehead atoms. The van der Waals surface area contributed by atoms with Crippen LogP contribution < -0.4 is 5.56 Å². The smallest absolute Gasteiger partial charge is 0.281 e. The monoisotopic (exact) mass is 454 g/mol. The summed E-state index contributed by atoms with van der Waals surface area (Å²) in [7, 11) is 0. The van der Waals surface area contributed by atoms with E-state index in [1.165, 1.54) is 6.42 Å². The first kappa shape index (κ1) is 21.1. The SMILES string of the molecule is O=C(C1CCCCC1)N1CCC(c2nc3c(nnn3Cc3cccc(Cl)c3)c(=O)[nH]2)CC1. The number of carbonyl (C=O) groups excluding carboxylic acids is 1. The second-order valence-corrected chi connectivity index (χ2v) is 9.37. The summed E-state index contributed by atoms with van der Waals surface area (Å²) in [5.41, 5.74) is 1.40. The van der Waals surface area contributed by atoms with Crippen LogP contribution >= 0.6 is 11.6 Å². The van der Waals surface area contributed by atoms with E-state index in [2.05, 4.69) is 15.3 Å². The first-order valence-electron chi connectivity index (χ1n) is 11.4. The summed E-state index contributed by atoms with van der Waals surface area (Å²) in [6.45, 7) is 1.85. The molecule has 1 aliphatic carbocycles. The number of hydrogen-bond donors (Lipinski definition) is 1. The van der Waals surface area contributed by atoms with E-state index >= 15 is 0 Å². The summed E-state index contributed by atoms with van der Waals surface area (Å²) in [4.78, 5) is 35.2. The highest BCUT2D eigenvalue weighted by Crippen LogP contribution is 2.30. The molecule has 2 aromatic heterocycles. The van der Waals surface area contributed by atoms with E-state index in [0.29, 0.717) is 42.0 Å². The van der Waals surface area contributed by atoms with Crippen LogP contribution in [0.5, 0.6) is 0 Å². The van der Waals surface area contributed by atoms with Crippen LogP contribution in [0.3, 0.4) is 0 Å². The number of amides is 1. The number of nitrogens with zero attached hydrogens (tertiary/aromatic N) is 5. The quantitative estimate of drug-likeness (QED) is 0.650. The Morgan fingerprint density at radius 2 is 1.91 bits per heavy atom. The molecule has 1 saturated heterocycles. The third-order valence-corrected chi connectivity index (χ3v) is 7.00. The molecule has 1 amide bonds.